The molecule has 3 aromatic carbocycles. The van der Waals surface area contributed by atoms with Crippen molar-refractivity contribution in [2.75, 3.05) is 11.5 Å². The lowest BCUT2D eigenvalue weighted by atomic mass is 9.55. The molecule has 0 saturated carbocycles. The molecule has 0 spiro atoms. The van der Waals surface area contributed by atoms with Gasteiger partial charge in [-0.3, -0.25) is 9.59 Å². The van der Waals surface area contributed by atoms with Gasteiger partial charge in [-0.1, -0.05) is 93.3 Å². The number of carbonyl (C=O) groups is 3. The number of hydrogen-bond acceptors (Lipinski definition) is 4. The Bertz CT molecular complexity index is 1260. The molecule has 7 rings (SSSR count). The van der Waals surface area contributed by atoms with Gasteiger partial charge < -0.3 is 4.74 Å². The molecule has 3 aliphatic carbocycles. The third-order valence-corrected chi connectivity index (χ3v) is 8.29. The zero-order chi connectivity index (χ0) is 25.5. The van der Waals surface area contributed by atoms with Crippen molar-refractivity contribution in [2.24, 2.45) is 11.8 Å². The highest BCUT2D eigenvalue weighted by Gasteiger charge is 2.62. The lowest BCUT2D eigenvalue weighted by Crippen LogP contribution is -2.41. The molecule has 5 heteroatoms. The molecule has 2 bridgehead atoms. The highest BCUT2D eigenvalue weighted by Crippen LogP contribution is 2.61. The summed E-state index contributed by atoms with van der Waals surface area (Å²) >= 11 is 0. The van der Waals surface area contributed by atoms with Crippen molar-refractivity contribution in [1.82, 2.24) is 0 Å². The Morgan fingerprint density at radius 3 is 1.73 bits per heavy atom. The van der Waals surface area contributed by atoms with Crippen LogP contribution in [0.5, 0.6) is 0 Å². The summed E-state index contributed by atoms with van der Waals surface area (Å²) in [7, 11) is 0. The summed E-state index contributed by atoms with van der Waals surface area (Å²) in [6.07, 6.45) is 5.27. The maximum absolute atomic E-state index is 14.0. The molecule has 37 heavy (non-hydrogen) atoms. The summed E-state index contributed by atoms with van der Waals surface area (Å²) in [5, 5.41) is 0. The Labute approximate surface area is 217 Å². The number of amides is 2. The van der Waals surface area contributed by atoms with E-state index in [2.05, 4.69) is 31.2 Å². The van der Waals surface area contributed by atoms with Crippen LogP contribution in [-0.4, -0.2) is 24.4 Å². The molecule has 0 N–H and O–H groups in total. The van der Waals surface area contributed by atoms with Crippen molar-refractivity contribution in [3.63, 3.8) is 0 Å². The fourth-order valence-electron chi connectivity index (χ4n) is 6.70. The average molecular weight is 494 g/mol. The number of unbranched alkanes of at least 4 members (excludes halogenated alkanes) is 4. The van der Waals surface area contributed by atoms with E-state index >= 15 is 0 Å². The minimum absolute atomic E-state index is 0.175. The standard InChI is InChI=1S/C32H31NO4/c1-2-3-4-5-12-19-37-32(36)24-17-10-11-18-25(24)33-30(34)28-26-20-13-6-7-14-21(20)27(29(28)31(33)35)23-16-9-8-15-22(23)26/h6-11,13-18,26-29H,2-5,12,19H2,1H3/t26?,27?,28-,29-/m0/s1. The quantitative estimate of drug-likeness (QED) is 0.213. The summed E-state index contributed by atoms with van der Waals surface area (Å²) in [6.45, 7) is 2.50. The summed E-state index contributed by atoms with van der Waals surface area (Å²) in [5.74, 6) is -2.26. The van der Waals surface area contributed by atoms with E-state index in [4.69, 9.17) is 4.74 Å². The van der Waals surface area contributed by atoms with Crippen molar-refractivity contribution in [1.29, 1.82) is 0 Å². The first-order chi connectivity index (χ1) is 18.1. The van der Waals surface area contributed by atoms with Gasteiger partial charge >= 0.3 is 5.97 Å². The number of imide groups is 1. The number of esters is 1. The van der Waals surface area contributed by atoms with Gasteiger partial charge in [-0.15, -0.1) is 0 Å². The first kappa shape index (κ1) is 23.7. The number of para-hydroxylation sites is 1. The average Bonchev–Trinajstić information content (AvgIpc) is 3.20. The van der Waals surface area contributed by atoms with Crippen LogP contribution in [0.25, 0.3) is 0 Å². The van der Waals surface area contributed by atoms with Gasteiger partial charge in [0, 0.05) is 11.8 Å². The second-order valence-corrected chi connectivity index (χ2v) is 10.3. The van der Waals surface area contributed by atoms with Crippen molar-refractivity contribution < 1.29 is 19.1 Å². The van der Waals surface area contributed by atoms with Gasteiger partial charge in [0.15, 0.2) is 0 Å². The van der Waals surface area contributed by atoms with Gasteiger partial charge in [-0.05, 0) is 40.8 Å². The van der Waals surface area contributed by atoms with Gasteiger partial charge in [0.1, 0.15) is 0 Å². The third kappa shape index (κ3) is 3.71. The van der Waals surface area contributed by atoms with Crippen molar-refractivity contribution in [3.05, 3.63) is 101 Å². The van der Waals surface area contributed by atoms with Crippen LogP contribution in [0.4, 0.5) is 5.69 Å². The van der Waals surface area contributed by atoms with Crippen LogP contribution in [0.3, 0.4) is 0 Å². The second kappa shape index (κ2) is 9.62. The Morgan fingerprint density at radius 1 is 0.703 bits per heavy atom. The zero-order valence-electron chi connectivity index (χ0n) is 21.1. The van der Waals surface area contributed by atoms with E-state index < -0.39 is 17.8 Å². The van der Waals surface area contributed by atoms with Crippen molar-refractivity contribution in [2.45, 2.75) is 50.9 Å². The van der Waals surface area contributed by atoms with E-state index in [0.717, 1.165) is 47.9 Å². The summed E-state index contributed by atoms with van der Waals surface area (Å²) in [5.41, 5.74) is 5.11. The molecule has 0 unspecified atom stereocenters. The maximum atomic E-state index is 14.0. The van der Waals surface area contributed by atoms with Crippen LogP contribution in [0.15, 0.2) is 72.8 Å². The summed E-state index contributed by atoms with van der Waals surface area (Å²) in [4.78, 5) is 42.4. The predicted octanol–water partition coefficient (Wildman–Crippen LogP) is 6.21. The number of ether oxygens (including phenoxy) is 1. The normalized spacial score (nSPS) is 23.0. The highest BCUT2D eigenvalue weighted by molar-refractivity contribution is 6.25. The Hall–Kier alpha value is -3.73. The number of anilines is 1. The number of benzene rings is 3. The van der Waals surface area contributed by atoms with Crippen LogP contribution >= 0.6 is 0 Å². The number of nitrogens with zero attached hydrogens (tertiary/aromatic N) is 1. The van der Waals surface area contributed by atoms with Crippen LogP contribution in [0.2, 0.25) is 0 Å². The fourth-order valence-corrected chi connectivity index (χ4v) is 6.70. The minimum atomic E-state index is -0.490. The highest BCUT2D eigenvalue weighted by atomic mass is 16.5. The van der Waals surface area contributed by atoms with Gasteiger partial charge in [0.25, 0.3) is 0 Å². The number of carbonyl (C=O) groups excluding carboxylic acids is 3. The Kier molecular flexibility index (Phi) is 6.15. The second-order valence-electron chi connectivity index (χ2n) is 10.3. The van der Waals surface area contributed by atoms with Crippen LogP contribution in [0.1, 0.15) is 83.5 Å². The number of rotatable bonds is 8. The molecular weight excluding hydrogens is 462 g/mol. The van der Waals surface area contributed by atoms with Gasteiger partial charge in [0.2, 0.25) is 11.8 Å². The topological polar surface area (TPSA) is 63.7 Å². The molecule has 4 aliphatic rings. The smallest absolute Gasteiger partial charge is 0.340 e. The van der Waals surface area contributed by atoms with Crippen LogP contribution < -0.4 is 4.90 Å². The van der Waals surface area contributed by atoms with Crippen LogP contribution in [-0.2, 0) is 14.3 Å². The monoisotopic (exact) mass is 493 g/mol. The van der Waals surface area contributed by atoms with Gasteiger partial charge in [-0.2, -0.15) is 0 Å². The van der Waals surface area contributed by atoms with E-state index in [1.165, 1.54) is 11.3 Å². The van der Waals surface area contributed by atoms with E-state index in [9.17, 15) is 14.4 Å². The molecular formula is C32H31NO4. The molecule has 2 atom stereocenters. The molecule has 188 valence electrons. The number of hydrogen-bond donors (Lipinski definition) is 0. The van der Waals surface area contributed by atoms with Crippen LogP contribution in [0, 0.1) is 11.8 Å². The molecule has 1 fully saturated rings. The maximum Gasteiger partial charge on any atom is 0.340 e. The van der Waals surface area contributed by atoms with Gasteiger partial charge in [-0.25, -0.2) is 9.69 Å². The SMILES string of the molecule is CCCCCCCOC(=O)c1ccccc1N1C(=O)[C@H]2C3c4ccccc4C(c4ccccc43)[C@@H]2C1=O. The molecule has 0 aromatic heterocycles. The molecule has 1 heterocycles. The zero-order valence-corrected chi connectivity index (χ0v) is 21.1. The molecule has 2 amide bonds. The van der Waals surface area contributed by atoms with E-state index in [-0.39, 0.29) is 29.2 Å². The fraction of sp³-hybridized carbons (Fsp3) is 0.344. The third-order valence-electron chi connectivity index (χ3n) is 8.29. The lowest BCUT2D eigenvalue weighted by molar-refractivity contribution is -0.122. The van der Waals surface area contributed by atoms with Crippen molar-refractivity contribution in [3.8, 4) is 0 Å². The predicted molar refractivity (Wildman–Crippen MR) is 142 cm³/mol. The Morgan fingerprint density at radius 2 is 1.19 bits per heavy atom. The minimum Gasteiger partial charge on any atom is -0.462 e. The molecule has 0 radical (unpaired) electrons. The first-order valence-electron chi connectivity index (χ1n) is 13.4. The van der Waals surface area contributed by atoms with E-state index in [0.29, 0.717) is 12.3 Å². The summed E-state index contributed by atoms with van der Waals surface area (Å²) < 4.78 is 5.57. The largest absolute Gasteiger partial charge is 0.462 e. The summed E-state index contributed by atoms with van der Waals surface area (Å²) in [6, 6.07) is 23.2. The molecule has 1 saturated heterocycles. The van der Waals surface area contributed by atoms with Gasteiger partial charge in [0.05, 0.1) is 29.7 Å². The molecule has 1 aliphatic heterocycles. The molecule has 3 aromatic rings. The molecule has 5 nitrogen and oxygen atoms in total. The van der Waals surface area contributed by atoms with E-state index in [1.807, 2.05) is 24.3 Å². The Balaban J connectivity index is 1.32. The van der Waals surface area contributed by atoms with Crippen molar-refractivity contribution >= 4 is 23.5 Å². The van der Waals surface area contributed by atoms with E-state index in [1.54, 1.807) is 24.3 Å². The lowest BCUT2D eigenvalue weighted by Gasteiger charge is -2.45. The first-order valence-corrected chi connectivity index (χ1v) is 13.4.